The van der Waals surface area contributed by atoms with E-state index in [0.29, 0.717) is 0 Å². The van der Waals surface area contributed by atoms with E-state index in [1.54, 1.807) is 0 Å². The maximum absolute atomic E-state index is 4.60. The smallest absolute Gasteiger partial charge is 0.0746 e. The molecule has 0 bridgehead atoms. The molecule has 0 amide bonds. The van der Waals surface area contributed by atoms with Crippen molar-refractivity contribution >= 4 is 42.8 Å². The third-order valence-electron chi connectivity index (χ3n) is 2.47. The second-order valence-electron chi connectivity index (χ2n) is 3.80. The summed E-state index contributed by atoms with van der Waals surface area (Å²) in [6.07, 6.45) is 0. The quantitative estimate of drug-likeness (QED) is 0.684. The van der Waals surface area contributed by atoms with Gasteiger partial charge in [0.05, 0.1) is 15.7 Å². The van der Waals surface area contributed by atoms with E-state index in [9.17, 15) is 0 Å². The standard InChI is InChI=1S/C12H11Br2N/c1-6-4-7(2)12-9(5-6)11(14)10(13)8(3)15-12/h4-5H,1-3H3. The minimum atomic E-state index is 1.02. The molecule has 0 aliphatic heterocycles. The zero-order chi connectivity index (χ0) is 11.2. The van der Waals surface area contributed by atoms with E-state index in [2.05, 4.69) is 62.8 Å². The molecule has 0 spiro atoms. The number of halogens is 2. The van der Waals surface area contributed by atoms with Gasteiger partial charge in [0, 0.05) is 9.86 Å². The fourth-order valence-electron chi connectivity index (χ4n) is 1.77. The molecule has 1 nitrogen and oxygen atoms in total. The topological polar surface area (TPSA) is 12.9 Å². The Labute approximate surface area is 106 Å². The van der Waals surface area contributed by atoms with Gasteiger partial charge in [-0.15, -0.1) is 0 Å². The van der Waals surface area contributed by atoms with E-state index < -0.39 is 0 Å². The van der Waals surface area contributed by atoms with Crippen LogP contribution >= 0.6 is 31.9 Å². The average Bonchev–Trinajstić information content (AvgIpc) is 2.17. The van der Waals surface area contributed by atoms with E-state index in [-0.39, 0.29) is 0 Å². The van der Waals surface area contributed by atoms with Crippen LogP contribution in [-0.4, -0.2) is 4.98 Å². The Bertz CT molecular complexity index is 547. The predicted octanol–water partition coefficient (Wildman–Crippen LogP) is 4.69. The Morgan fingerprint density at radius 3 is 2.33 bits per heavy atom. The molecule has 0 N–H and O–H groups in total. The lowest BCUT2D eigenvalue weighted by atomic mass is 10.1. The van der Waals surface area contributed by atoms with Gasteiger partial charge in [-0.05, 0) is 64.3 Å². The van der Waals surface area contributed by atoms with Crippen LogP contribution < -0.4 is 0 Å². The first-order valence-corrected chi connectivity index (χ1v) is 6.32. The third kappa shape index (κ3) is 1.83. The Hall–Kier alpha value is -0.410. The molecule has 0 aliphatic rings. The van der Waals surface area contributed by atoms with E-state index in [1.807, 2.05) is 6.92 Å². The van der Waals surface area contributed by atoms with Crippen LogP contribution in [-0.2, 0) is 0 Å². The molecule has 2 aromatic rings. The molecule has 1 aromatic heterocycles. The molecular weight excluding hydrogens is 318 g/mol. The van der Waals surface area contributed by atoms with Crippen molar-refractivity contribution in [2.24, 2.45) is 0 Å². The normalized spacial score (nSPS) is 11.0. The molecule has 15 heavy (non-hydrogen) atoms. The molecule has 0 fully saturated rings. The fourth-order valence-corrected chi connectivity index (χ4v) is 2.66. The fraction of sp³-hybridized carbons (Fsp3) is 0.250. The van der Waals surface area contributed by atoms with Crippen molar-refractivity contribution in [3.05, 3.63) is 37.9 Å². The summed E-state index contributed by atoms with van der Waals surface area (Å²) in [6, 6.07) is 4.32. The Kier molecular flexibility index (Phi) is 2.86. The molecule has 0 saturated heterocycles. The van der Waals surface area contributed by atoms with Crippen LogP contribution in [0.4, 0.5) is 0 Å². The van der Waals surface area contributed by atoms with E-state index in [0.717, 1.165) is 20.2 Å². The van der Waals surface area contributed by atoms with E-state index >= 15 is 0 Å². The summed E-state index contributed by atoms with van der Waals surface area (Å²) in [7, 11) is 0. The minimum Gasteiger partial charge on any atom is -0.252 e. The van der Waals surface area contributed by atoms with Gasteiger partial charge in [-0.1, -0.05) is 11.6 Å². The highest BCUT2D eigenvalue weighted by Gasteiger charge is 2.10. The average molecular weight is 329 g/mol. The number of benzene rings is 1. The second kappa shape index (κ2) is 3.87. The number of pyridine rings is 1. The number of aromatic nitrogens is 1. The molecule has 78 valence electrons. The molecule has 0 aliphatic carbocycles. The van der Waals surface area contributed by atoms with Crippen LogP contribution in [0.3, 0.4) is 0 Å². The van der Waals surface area contributed by atoms with Crippen LogP contribution in [0.25, 0.3) is 10.9 Å². The number of hydrogen-bond acceptors (Lipinski definition) is 1. The SMILES string of the molecule is Cc1cc(C)c2nc(C)c(Br)c(Br)c2c1. The van der Waals surface area contributed by atoms with Crippen molar-refractivity contribution in [3.63, 3.8) is 0 Å². The highest BCUT2D eigenvalue weighted by atomic mass is 79.9. The van der Waals surface area contributed by atoms with Crippen LogP contribution in [0.5, 0.6) is 0 Å². The summed E-state index contributed by atoms with van der Waals surface area (Å²) >= 11 is 7.15. The largest absolute Gasteiger partial charge is 0.252 e. The van der Waals surface area contributed by atoms with Gasteiger partial charge in [0.15, 0.2) is 0 Å². The van der Waals surface area contributed by atoms with E-state index in [1.165, 1.54) is 16.5 Å². The third-order valence-corrected chi connectivity index (χ3v) is 4.80. The van der Waals surface area contributed by atoms with E-state index in [4.69, 9.17) is 0 Å². The number of fused-ring (bicyclic) bond motifs is 1. The first-order chi connectivity index (χ1) is 7.00. The van der Waals surface area contributed by atoms with Crippen molar-refractivity contribution in [2.45, 2.75) is 20.8 Å². The first kappa shape index (κ1) is 11.1. The highest BCUT2D eigenvalue weighted by Crippen LogP contribution is 2.34. The van der Waals surface area contributed by atoms with Gasteiger partial charge in [-0.2, -0.15) is 0 Å². The number of rotatable bonds is 0. The summed E-state index contributed by atoms with van der Waals surface area (Å²) in [5.41, 5.74) is 4.58. The Balaban J connectivity index is 2.98. The van der Waals surface area contributed by atoms with Crippen molar-refractivity contribution < 1.29 is 0 Å². The molecule has 0 atom stereocenters. The second-order valence-corrected chi connectivity index (χ2v) is 5.39. The Morgan fingerprint density at radius 2 is 1.67 bits per heavy atom. The molecule has 0 radical (unpaired) electrons. The van der Waals surface area contributed by atoms with Gasteiger partial charge >= 0.3 is 0 Å². The summed E-state index contributed by atoms with van der Waals surface area (Å²) in [4.78, 5) is 4.60. The number of hydrogen-bond donors (Lipinski definition) is 0. The molecule has 3 heteroatoms. The van der Waals surface area contributed by atoms with Gasteiger partial charge in [0.2, 0.25) is 0 Å². The van der Waals surface area contributed by atoms with Crippen molar-refractivity contribution in [2.75, 3.05) is 0 Å². The lowest BCUT2D eigenvalue weighted by molar-refractivity contribution is 1.21. The number of aryl methyl sites for hydroxylation is 3. The van der Waals surface area contributed by atoms with Crippen LogP contribution in [0.2, 0.25) is 0 Å². The monoisotopic (exact) mass is 327 g/mol. The minimum absolute atomic E-state index is 1.02. The van der Waals surface area contributed by atoms with Gasteiger partial charge in [0.25, 0.3) is 0 Å². The van der Waals surface area contributed by atoms with Crippen molar-refractivity contribution in [3.8, 4) is 0 Å². The maximum atomic E-state index is 4.60. The molecule has 0 saturated carbocycles. The summed E-state index contributed by atoms with van der Waals surface area (Å²) in [5.74, 6) is 0. The van der Waals surface area contributed by atoms with Crippen LogP contribution in [0, 0.1) is 20.8 Å². The maximum Gasteiger partial charge on any atom is 0.0746 e. The molecule has 2 rings (SSSR count). The van der Waals surface area contributed by atoms with Gasteiger partial charge in [0.1, 0.15) is 0 Å². The molecule has 1 aromatic carbocycles. The van der Waals surface area contributed by atoms with Gasteiger partial charge in [-0.3, -0.25) is 4.98 Å². The van der Waals surface area contributed by atoms with Crippen molar-refractivity contribution in [1.29, 1.82) is 0 Å². The number of nitrogens with zero attached hydrogens (tertiary/aromatic N) is 1. The van der Waals surface area contributed by atoms with Gasteiger partial charge in [-0.25, -0.2) is 0 Å². The zero-order valence-corrected chi connectivity index (χ0v) is 12.0. The van der Waals surface area contributed by atoms with Crippen LogP contribution in [0.15, 0.2) is 21.1 Å². The molecule has 1 heterocycles. The first-order valence-electron chi connectivity index (χ1n) is 4.73. The predicted molar refractivity (Wildman–Crippen MR) is 71.4 cm³/mol. The van der Waals surface area contributed by atoms with Crippen LogP contribution in [0.1, 0.15) is 16.8 Å². The van der Waals surface area contributed by atoms with Crippen molar-refractivity contribution in [1.82, 2.24) is 4.98 Å². The summed E-state index contributed by atoms with van der Waals surface area (Å²) < 4.78 is 2.14. The lowest BCUT2D eigenvalue weighted by Crippen LogP contribution is -1.91. The summed E-state index contributed by atoms with van der Waals surface area (Å²) in [6.45, 7) is 6.21. The lowest BCUT2D eigenvalue weighted by Gasteiger charge is -2.09. The molecule has 0 unspecified atom stereocenters. The Morgan fingerprint density at radius 1 is 1.00 bits per heavy atom. The summed E-state index contributed by atoms with van der Waals surface area (Å²) in [5, 5.41) is 1.17. The van der Waals surface area contributed by atoms with Gasteiger partial charge < -0.3 is 0 Å². The molecular formula is C12H11Br2N. The zero-order valence-electron chi connectivity index (χ0n) is 8.86. The highest BCUT2D eigenvalue weighted by molar-refractivity contribution is 9.13.